The summed E-state index contributed by atoms with van der Waals surface area (Å²) in [7, 11) is 0. The zero-order chi connectivity index (χ0) is 13.1. The van der Waals surface area contributed by atoms with Gasteiger partial charge in [0, 0.05) is 5.69 Å². The second-order valence-electron chi connectivity index (χ2n) is 4.05. The van der Waals surface area contributed by atoms with Gasteiger partial charge in [-0.25, -0.2) is 4.79 Å². The van der Waals surface area contributed by atoms with Crippen molar-refractivity contribution in [2.75, 3.05) is 11.5 Å². The van der Waals surface area contributed by atoms with E-state index in [1.54, 1.807) is 30.3 Å². The fraction of sp³-hybridized carbons (Fsp3) is 0.0714. The van der Waals surface area contributed by atoms with E-state index < -0.39 is 5.97 Å². The first-order chi connectivity index (χ1) is 8.56. The molecule has 4 N–H and O–H groups in total. The number of carbonyl (C=O) groups excluding carboxylic acids is 1. The molecule has 0 unspecified atom stereocenters. The molecule has 18 heavy (non-hydrogen) atoms. The van der Waals surface area contributed by atoms with Crippen LogP contribution in [0.2, 0.25) is 0 Å². The van der Waals surface area contributed by atoms with Gasteiger partial charge in [-0.1, -0.05) is 17.7 Å². The first kappa shape index (κ1) is 12.0. The maximum atomic E-state index is 11.9. The fourth-order valence-corrected chi connectivity index (χ4v) is 1.51. The zero-order valence-electron chi connectivity index (χ0n) is 10.0. The highest BCUT2D eigenvalue weighted by Crippen LogP contribution is 2.24. The van der Waals surface area contributed by atoms with E-state index in [4.69, 9.17) is 16.2 Å². The van der Waals surface area contributed by atoms with Crippen molar-refractivity contribution >= 4 is 17.3 Å². The third kappa shape index (κ3) is 2.60. The number of nitrogen functional groups attached to an aromatic ring is 2. The zero-order valence-corrected chi connectivity index (χ0v) is 10.0. The highest BCUT2D eigenvalue weighted by atomic mass is 16.5. The number of hydrogen-bond donors (Lipinski definition) is 2. The molecule has 0 aliphatic rings. The van der Waals surface area contributed by atoms with Gasteiger partial charge in [-0.15, -0.1) is 0 Å². The minimum Gasteiger partial charge on any atom is -0.421 e. The van der Waals surface area contributed by atoms with E-state index in [2.05, 4.69) is 0 Å². The van der Waals surface area contributed by atoms with Gasteiger partial charge >= 0.3 is 5.97 Å². The molecule has 2 aromatic carbocycles. The summed E-state index contributed by atoms with van der Waals surface area (Å²) in [6.07, 6.45) is 0. The van der Waals surface area contributed by atoms with Crippen LogP contribution >= 0.6 is 0 Å². The lowest BCUT2D eigenvalue weighted by molar-refractivity contribution is 0.0736. The molecule has 0 spiro atoms. The lowest BCUT2D eigenvalue weighted by Gasteiger charge is -2.07. The van der Waals surface area contributed by atoms with Crippen LogP contribution in [0.1, 0.15) is 15.9 Å². The molecule has 0 aliphatic carbocycles. The van der Waals surface area contributed by atoms with E-state index in [0.717, 1.165) is 5.56 Å². The Labute approximate surface area is 105 Å². The molecule has 2 aromatic rings. The first-order valence-electron chi connectivity index (χ1n) is 5.50. The van der Waals surface area contributed by atoms with Crippen LogP contribution in [0.15, 0.2) is 42.5 Å². The summed E-state index contributed by atoms with van der Waals surface area (Å²) in [5, 5.41) is 0. The van der Waals surface area contributed by atoms with Crippen molar-refractivity contribution in [2.45, 2.75) is 6.92 Å². The monoisotopic (exact) mass is 242 g/mol. The number of anilines is 2. The second-order valence-corrected chi connectivity index (χ2v) is 4.05. The van der Waals surface area contributed by atoms with Crippen LogP contribution in [-0.4, -0.2) is 5.97 Å². The Morgan fingerprint density at radius 1 is 1.06 bits per heavy atom. The molecule has 0 aromatic heterocycles. The molecule has 0 saturated carbocycles. The van der Waals surface area contributed by atoms with E-state index in [0.29, 0.717) is 22.7 Å². The molecule has 4 heteroatoms. The van der Waals surface area contributed by atoms with Gasteiger partial charge in [0.15, 0.2) is 5.75 Å². The molecule has 0 amide bonds. The van der Waals surface area contributed by atoms with Crippen molar-refractivity contribution in [1.29, 1.82) is 0 Å². The maximum absolute atomic E-state index is 11.9. The Balaban J connectivity index is 2.18. The number of hydrogen-bond acceptors (Lipinski definition) is 4. The van der Waals surface area contributed by atoms with Gasteiger partial charge in [0.1, 0.15) is 0 Å². The van der Waals surface area contributed by atoms with Crippen molar-refractivity contribution in [1.82, 2.24) is 0 Å². The summed E-state index contributed by atoms with van der Waals surface area (Å²) >= 11 is 0. The van der Waals surface area contributed by atoms with Crippen LogP contribution in [0.25, 0.3) is 0 Å². The third-order valence-corrected chi connectivity index (χ3v) is 2.52. The highest BCUT2D eigenvalue weighted by Gasteiger charge is 2.10. The second kappa shape index (κ2) is 4.79. The minimum atomic E-state index is -0.438. The molecular weight excluding hydrogens is 228 g/mol. The predicted octanol–water partition coefficient (Wildman–Crippen LogP) is 2.38. The Kier molecular flexibility index (Phi) is 3.19. The van der Waals surface area contributed by atoms with E-state index in [1.165, 1.54) is 0 Å². The van der Waals surface area contributed by atoms with Crippen LogP contribution in [0.3, 0.4) is 0 Å². The molecule has 0 atom stereocenters. The van der Waals surface area contributed by atoms with Crippen LogP contribution in [0, 0.1) is 6.92 Å². The lowest BCUT2D eigenvalue weighted by Crippen LogP contribution is -2.09. The van der Waals surface area contributed by atoms with Gasteiger partial charge in [-0.05, 0) is 37.3 Å². The van der Waals surface area contributed by atoms with Crippen molar-refractivity contribution in [3.8, 4) is 5.75 Å². The van der Waals surface area contributed by atoms with E-state index in [-0.39, 0.29) is 0 Å². The van der Waals surface area contributed by atoms with Crippen LogP contribution in [0.5, 0.6) is 5.75 Å². The van der Waals surface area contributed by atoms with Gasteiger partial charge in [0.25, 0.3) is 0 Å². The minimum absolute atomic E-state index is 0.315. The maximum Gasteiger partial charge on any atom is 0.343 e. The number of aryl methyl sites for hydroxylation is 1. The van der Waals surface area contributed by atoms with Gasteiger partial charge in [-0.3, -0.25) is 0 Å². The van der Waals surface area contributed by atoms with Crippen molar-refractivity contribution < 1.29 is 9.53 Å². The van der Waals surface area contributed by atoms with Crippen molar-refractivity contribution in [3.63, 3.8) is 0 Å². The lowest BCUT2D eigenvalue weighted by atomic mass is 10.1. The molecule has 0 radical (unpaired) electrons. The quantitative estimate of drug-likeness (QED) is 0.481. The first-order valence-corrected chi connectivity index (χ1v) is 5.50. The summed E-state index contributed by atoms with van der Waals surface area (Å²) in [6, 6.07) is 11.9. The number of ether oxygens (including phenoxy) is 1. The molecule has 2 rings (SSSR count). The summed E-state index contributed by atoms with van der Waals surface area (Å²) < 4.78 is 5.21. The third-order valence-electron chi connectivity index (χ3n) is 2.52. The SMILES string of the molecule is Cc1ccc(C(=O)Oc2ccc(N)cc2N)cc1. The Morgan fingerprint density at radius 3 is 2.33 bits per heavy atom. The Morgan fingerprint density at radius 2 is 1.72 bits per heavy atom. The van der Waals surface area contributed by atoms with Gasteiger partial charge in [0.2, 0.25) is 0 Å². The highest BCUT2D eigenvalue weighted by molar-refractivity contribution is 5.91. The van der Waals surface area contributed by atoms with Crippen molar-refractivity contribution in [2.24, 2.45) is 0 Å². The average Bonchev–Trinajstić information content (AvgIpc) is 2.33. The standard InChI is InChI=1S/C14H14N2O2/c1-9-2-4-10(5-3-9)14(17)18-13-7-6-11(15)8-12(13)16/h2-8H,15-16H2,1H3. The molecule has 92 valence electrons. The number of benzene rings is 2. The molecule has 0 saturated heterocycles. The molecule has 0 heterocycles. The van der Waals surface area contributed by atoms with E-state index >= 15 is 0 Å². The topological polar surface area (TPSA) is 78.3 Å². The number of nitrogens with two attached hydrogens (primary N) is 2. The summed E-state index contributed by atoms with van der Waals surface area (Å²) in [4.78, 5) is 11.9. The molecule has 0 aliphatic heterocycles. The van der Waals surface area contributed by atoms with Gasteiger partial charge in [0.05, 0.1) is 11.3 Å². The van der Waals surface area contributed by atoms with Crippen LogP contribution in [-0.2, 0) is 0 Å². The molecule has 0 bridgehead atoms. The fourth-order valence-electron chi connectivity index (χ4n) is 1.51. The average molecular weight is 242 g/mol. The number of rotatable bonds is 2. The van der Waals surface area contributed by atoms with Gasteiger partial charge < -0.3 is 16.2 Å². The Bertz CT molecular complexity index is 577. The normalized spacial score (nSPS) is 10.1. The molecular formula is C14H14N2O2. The molecule has 0 fully saturated rings. The molecule has 4 nitrogen and oxygen atoms in total. The van der Waals surface area contributed by atoms with E-state index in [9.17, 15) is 4.79 Å². The number of carbonyl (C=O) groups is 1. The van der Waals surface area contributed by atoms with Crippen molar-refractivity contribution in [3.05, 3.63) is 53.6 Å². The number of esters is 1. The Hall–Kier alpha value is -2.49. The smallest absolute Gasteiger partial charge is 0.343 e. The van der Waals surface area contributed by atoms with Crippen LogP contribution in [0.4, 0.5) is 11.4 Å². The predicted molar refractivity (Wildman–Crippen MR) is 71.4 cm³/mol. The summed E-state index contributed by atoms with van der Waals surface area (Å²) in [5.74, 6) is -0.124. The van der Waals surface area contributed by atoms with Crippen LogP contribution < -0.4 is 16.2 Å². The van der Waals surface area contributed by atoms with Gasteiger partial charge in [-0.2, -0.15) is 0 Å². The summed E-state index contributed by atoms with van der Waals surface area (Å²) in [6.45, 7) is 1.95. The largest absolute Gasteiger partial charge is 0.421 e. The summed E-state index contributed by atoms with van der Waals surface area (Å²) in [5.41, 5.74) is 13.7. The van der Waals surface area contributed by atoms with E-state index in [1.807, 2.05) is 19.1 Å².